The number of benzene rings is 1. The summed E-state index contributed by atoms with van der Waals surface area (Å²) < 4.78 is 26.2. The van der Waals surface area contributed by atoms with Crippen LogP contribution in [0.5, 0.6) is 0 Å². The molecule has 0 saturated carbocycles. The Morgan fingerprint density at radius 3 is 2.61 bits per heavy atom. The van der Waals surface area contributed by atoms with Crippen molar-refractivity contribution in [3.63, 3.8) is 0 Å². The molecular formula is C12H12BrF2NO2. The van der Waals surface area contributed by atoms with Gasteiger partial charge in [0.15, 0.2) is 0 Å². The molecule has 1 heterocycles. The average molecular weight is 320 g/mol. The van der Waals surface area contributed by atoms with Gasteiger partial charge in [-0.25, -0.2) is 9.18 Å². The predicted octanol–water partition coefficient (Wildman–Crippen LogP) is 3.23. The van der Waals surface area contributed by atoms with Crippen molar-refractivity contribution in [2.24, 2.45) is 5.92 Å². The molecule has 1 aliphatic rings. The molecule has 1 fully saturated rings. The standard InChI is InChI=1S/C12H12BrF2NO2/c13-9-1-2-11(10(14)7-9)16-5-3-8(4-6-16)12(17)18-15/h1-2,7-8H,3-6H2. The Hall–Kier alpha value is -1.17. The van der Waals surface area contributed by atoms with E-state index in [1.54, 1.807) is 12.1 Å². The van der Waals surface area contributed by atoms with Crippen molar-refractivity contribution in [1.29, 1.82) is 0 Å². The number of nitrogens with zero attached hydrogens (tertiary/aromatic N) is 1. The summed E-state index contributed by atoms with van der Waals surface area (Å²) in [6.07, 6.45) is 0.941. The second-order valence-corrected chi connectivity index (χ2v) is 5.17. The maximum absolute atomic E-state index is 13.7. The minimum atomic E-state index is -0.828. The molecule has 3 nitrogen and oxygen atoms in total. The summed E-state index contributed by atoms with van der Waals surface area (Å²) in [5, 5.41) is 0. The Bertz CT molecular complexity index is 448. The van der Waals surface area contributed by atoms with Crippen LogP contribution in [0.25, 0.3) is 0 Å². The highest BCUT2D eigenvalue weighted by Crippen LogP contribution is 2.28. The number of piperidine rings is 1. The Labute approximate surface area is 112 Å². The molecule has 0 bridgehead atoms. The normalized spacial score (nSPS) is 16.7. The lowest BCUT2D eigenvalue weighted by Gasteiger charge is -2.32. The molecule has 98 valence electrons. The van der Waals surface area contributed by atoms with Gasteiger partial charge in [0.25, 0.3) is 0 Å². The van der Waals surface area contributed by atoms with E-state index < -0.39 is 11.9 Å². The van der Waals surface area contributed by atoms with E-state index in [0.717, 1.165) is 0 Å². The molecule has 0 aliphatic carbocycles. The fourth-order valence-electron chi connectivity index (χ4n) is 2.16. The van der Waals surface area contributed by atoms with Crippen molar-refractivity contribution >= 4 is 27.6 Å². The highest BCUT2D eigenvalue weighted by molar-refractivity contribution is 9.10. The van der Waals surface area contributed by atoms with Crippen LogP contribution < -0.4 is 4.90 Å². The van der Waals surface area contributed by atoms with Gasteiger partial charge in [-0.2, -0.15) is 0 Å². The average Bonchev–Trinajstić information content (AvgIpc) is 2.38. The second-order valence-electron chi connectivity index (χ2n) is 4.25. The number of anilines is 1. The summed E-state index contributed by atoms with van der Waals surface area (Å²) in [6.45, 7) is 1.02. The van der Waals surface area contributed by atoms with Crippen LogP contribution in [-0.4, -0.2) is 19.1 Å². The molecule has 0 unspecified atom stereocenters. The van der Waals surface area contributed by atoms with Crippen LogP contribution in [0.4, 0.5) is 14.6 Å². The van der Waals surface area contributed by atoms with Crippen LogP contribution in [0, 0.1) is 11.7 Å². The van der Waals surface area contributed by atoms with Crippen LogP contribution in [0.1, 0.15) is 12.8 Å². The fraction of sp³-hybridized carbons (Fsp3) is 0.417. The molecule has 0 amide bonds. The van der Waals surface area contributed by atoms with E-state index >= 15 is 0 Å². The van der Waals surface area contributed by atoms with Gasteiger partial charge in [0.05, 0.1) is 11.6 Å². The molecule has 0 atom stereocenters. The summed E-state index contributed by atoms with van der Waals surface area (Å²) in [6, 6.07) is 4.85. The summed E-state index contributed by atoms with van der Waals surface area (Å²) in [5.74, 6) is -1.56. The van der Waals surface area contributed by atoms with Gasteiger partial charge in [0.1, 0.15) is 5.82 Å². The van der Waals surface area contributed by atoms with Gasteiger partial charge in [0, 0.05) is 22.1 Å². The summed E-state index contributed by atoms with van der Waals surface area (Å²) >= 11 is 3.20. The van der Waals surface area contributed by atoms with Crippen molar-refractivity contribution in [3.8, 4) is 0 Å². The number of carbonyl (C=O) groups excluding carboxylic acids is 1. The molecule has 0 N–H and O–H groups in total. The van der Waals surface area contributed by atoms with Crippen molar-refractivity contribution < 1.29 is 18.7 Å². The zero-order chi connectivity index (χ0) is 13.1. The molecule has 6 heteroatoms. The lowest BCUT2D eigenvalue weighted by Crippen LogP contribution is -2.36. The third kappa shape index (κ3) is 2.80. The lowest BCUT2D eigenvalue weighted by molar-refractivity contribution is -0.189. The van der Waals surface area contributed by atoms with Crippen molar-refractivity contribution in [2.75, 3.05) is 18.0 Å². The van der Waals surface area contributed by atoms with Gasteiger partial charge in [-0.3, -0.25) is 4.94 Å². The first kappa shape index (κ1) is 13.3. The van der Waals surface area contributed by atoms with Crippen LogP contribution in [0.2, 0.25) is 0 Å². The lowest BCUT2D eigenvalue weighted by atomic mass is 9.97. The summed E-state index contributed by atoms with van der Waals surface area (Å²) in [7, 11) is 0. The quantitative estimate of drug-likeness (QED) is 0.838. The van der Waals surface area contributed by atoms with Crippen LogP contribution >= 0.6 is 15.9 Å². The molecule has 1 aromatic carbocycles. The third-order valence-electron chi connectivity index (χ3n) is 3.15. The molecule has 2 rings (SSSR count). The van der Waals surface area contributed by atoms with E-state index in [1.165, 1.54) is 6.07 Å². The van der Waals surface area contributed by atoms with E-state index in [9.17, 15) is 13.7 Å². The molecule has 0 spiro atoms. The molecule has 1 aliphatic heterocycles. The first-order chi connectivity index (χ1) is 8.61. The Morgan fingerprint density at radius 1 is 1.39 bits per heavy atom. The third-order valence-corrected chi connectivity index (χ3v) is 3.65. The fourth-order valence-corrected chi connectivity index (χ4v) is 2.49. The first-order valence-corrected chi connectivity index (χ1v) is 6.43. The Balaban J connectivity index is 2.03. The minimum absolute atomic E-state index is 0.309. The van der Waals surface area contributed by atoms with Gasteiger partial charge >= 0.3 is 5.97 Å². The molecule has 1 aromatic rings. The highest BCUT2D eigenvalue weighted by Gasteiger charge is 2.27. The summed E-state index contributed by atoms with van der Waals surface area (Å²) in [5.41, 5.74) is 0.505. The second kappa shape index (κ2) is 5.65. The largest absolute Gasteiger partial charge is 0.369 e. The maximum Gasteiger partial charge on any atom is 0.351 e. The van der Waals surface area contributed by atoms with Crippen LogP contribution in [-0.2, 0) is 9.74 Å². The van der Waals surface area contributed by atoms with Crippen LogP contribution in [0.15, 0.2) is 22.7 Å². The van der Waals surface area contributed by atoms with E-state index in [4.69, 9.17) is 0 Å². The predicted molar refractivity (Wildman–Crippen MR) is 66.2 cm³/mol. The zero-order valence-corrected chi connectivity index (χ0v) is 11.1. The SMILES string of the molecule is O=C(OF)C1CCN(c2ccc(Br)cc2F)CC1. The van der Waals surface area contributed by atoms with Crippen molar-refractivity contribution in [3.05, 3.63) is 28.5 Å². The molecule has 0 radical (unpaired) electrons. The van der Waals surface area contributed by atoms with Gasteiger partial charge in [-0.15, -0.1) is 0 Å². The van der Waals surface area contributed by atoms with E-state index in [2.05, 4.69) is 20.9 Å². The van der Waals surface area contributed by atoms with Crippen molar-refractivity contribution in [2.45, 2.75) is 12.8 Å². The highest BCUT2D eigenvalue weighted by atomic mass is 79.9. The van der Waals surface area contributed by atoms with E-state index in [-0.39, 0.29) is 5.82 Å². The monoisotopic (exact) mass is 319 g/mol. The number of hydrogen-bond donors (Lipinski definition) is 0. The zero-order valence-electron chi connectivity index (χ0n) is 9.54. The number of halogens is 3. The van der Waals surface area contributed by atoms with Crippen LogP contribution in [0.3, 0.4) is 0 Å². The van der Waals surface area contributed by atoms with Crippen molar-refractivity contribution in [1.82, 2.24) is 0 Å². The number of hydrogen-bond acceptors (Lipinski definition) is 3. The smallest absolute Gasteiger partial charge is 0.351 e. The van der Waals surface area contributed by atoms with Gasteiger partial charge in [0.2, 0.25) is 0 Å². The number of rotatable bonds is 2. The molecule has 1 saturated heterocycles. The first-order valence-electron chi connectivity index (χ1n) is 5.64. The van der Waals surface area contributed by atoms with Gasteiger partial charge in [-0.1, -0.05) is 15.9 Å². The number of carbonyl (C=O) groups is 1. The minimum Gasteiger partial charge on any atom is -0.369 e. The van der Waals surface area contributed by atoms with E-state index in [0.29, 0.717) is 36.1 Å². The molecule has 0 aromatic heterocycles. The Kier molecular flexibility index (Phi) is 4.16. The van der Waals surface area contributed by atoms with Gasteiger partial charge < -0.3 is 4.90 Å². The maximum atomic E-state index is 13.7. The Morgan fingerprint density at radius 2 is 2.06 bits per heavy atom. The van der Waals surface area contributed by atoms with E-state index in [1.807, 2.05) is 4.90 Å². The molecule has 18 heavy (non-hydrogen) atoms. The summed E-state index contributed by atoms with van der Waals surface area (Å²) in [4.78, 5) is 16.1. The topological polar surface area (TPSA) is 29.5 Å². The van der Waals surface area contributed by atoms with Gasteiger partial charge in [-0.05, 0) is 31.0 Å². The molecular weight excluding hydrogens is 308 g/mol.